The van der Waals surface area contributed by atoms with Gasteiger partial charge in [0.2, 0.25) is 0 Å². The minimum absolute atomic E-state index is 0.214. The van der Waals surface area contributed by atoms with E-state index in [0.29, 0.717) is 24.4 Å². The molecule has 0 atom stereocenters. The smallest absolute Gasteiger partial charge is 0.319 e. The lowest BCUT2D eigenvalue weighted by molar-refractivity contribution is 0.0354. The summed E-state index contributed by atoms with van der Waals surface area (Å²) in [5.74, 6) is 1.31. The molecule has 0 aliphatic carbocycles. The predicted octanol–water partition coefficient (Wildman–Crippen LogP) is 2.45. The molecule has 0 unspecified atom stereocenters. The molecule has 7 heteroatoms. The van der Waals surface area contributed by atoms with Crippen LogP contribution >= 0.6 is 0 Å². The fourth-order valence-corrected chi connectivity index (χ4v) is 2.13. The Morgan fingerprint density at radius 3 is 2.70 bits per heavy atom. The van der Waals surface area contributed by atoms with Gasteiger partial charge in [-0.1, -0.05) is 26.0 Å². The van der Waals surface area contributed by atoms with Crippen molar-refractivity contribution < 1.29 is 9.90 Å². The molecule has 0 bridgehead atoms. The number of amides is 2. The predicted molar refractivity (Wildman–Crippen MR) is 89.1 cm³/mol. The number of rotatable bonds is 6. The van der Waals surface area contributed by atoms with E-state index in [0.717, 1.165) is 11.4 Å². The summed E-state index contributed by atoms with van der Waals surface area (Å²) in [7, 11) is 0. The molecule has 4 N–H and O–H groups in total. The Bertz CT molecular complexity index is 664. The normalized spacial score (nSPS) is 11.3. The molecule has 0 spiro atoms. The Kier molecular flexibility index (Phi) is 5.33. The summed E-state index contributed by atoms with van der Waals surface area (Å²) < 4.78 is 0. The fraction of sp³-hybridized carbons (Fsp3) is 0.438. The highest BCUT2D eigenvalue weighted by atomic mass is 16.3. The monoisotopic (exact) mass is 317 g/mol. The van der Waals surface area contributed by atoms with Gasteiger partial charge in [0.15, 0.2) is 5.82 Å². The van der Waals surface area contributed by atoms with Crippen molar-refractivity contribution in [2.75, 3.05) is 11.9 Å². The van der Waals surface area contributed by atoms with E-state index in [4.69, 9.17) is 0 Å². The van der Waals surface area contributed by atoms with Crippen LogP contribution in [-0.4, -0.2) is 38.5 Å². The Balaban J connectivity index is 1.99. The first-order valence-corrected chi connectivity index (χ1v) is 7.72. The second kappa shape index (κ2) is 7.23. The van der Waals surface area contributed by atoms with Crippen LogP contribution in [0.4, 0.5) is 10.5 Å². The number of urea groups is 1. The number of aliphatic hydroxyl groups is 1. The molecular formula is C16H23N5O2. The average molecular weight is 317 g/mol. The topological polar surface area (TPSA) is 103 Å². The zero-order chi connectivity index (χ0) is 16.9. The molecule has 1 aromatic carbocycles. The van der Waals surface area contributed by atoms with E-state index < -0.39 is 5.60 Å². The number of hydrogen-bond acceptors (Lipinski definition) is 4. The highest BCUT2D eigenvalue weighted by Crippen LogP contribution is 2.19. The summed E-state index contributed by atoms with van der Waals surface area (Å²) in [5, 5.41) is 22.5. The van der Waals surface area contributed by atoms with Gasteiger partial charge >= 0.3 is 6.03 Å². The van der Waals surface area contributed by atoms with E-state index in [-0.39, 0.29) is 12.6 Å². The first-order chi connectivity index (χ1) is 11.0. The van der Waals surface area contributed by atoms with Crippen LogP contribution < -0.4 is 10.6 Å². The highest BCUT2D eigenvalue weighted by Gasteiger charge is 2.22. The second-order valence-electron chi connectivity index (χ2n) is 5.56. The Labute approximate surface area is 135 Å². The molecular weight excluding hydrogens is 294 g/mol. The van der Waals surface area contributed by atoms with Crippen LogP contribution in [0.2, 0.25) is 0 Å². The molecule has 2 amide bonds. The highest BCUT2D eigenvalue weighted by molar-refractivity contribution is 5.89. The van der Waals surface area contributed by atoms with Gasteiger partial charge in [0, 0.05) is 17.8 Å². The Morgan fingerprint density at radius 1 is 1.35 bits per heavy atom. The van der Waals surface area contributed by atoms with E-state index in [1.807, 2.05) is 32.9 Å². The molecule has 0 radical (unpaired) electrons. The first-order valence-electron chi connectivity index (χ1n) is 7.72. The van der Waals surface area contributed by atoms with Crippen molar-refractivity contribution in [2.24, 2.45) is 0 Å². The summed E-state index contributed by atoms with van der Waals surface area (Å²) >= 11 is 0. The maximum atomic E-state index is 12.0. The van der Waals surface area contributed by atoms with Crippen molar-refractivity contribution >= 4 is 11.7 Å². The molecule has 0 saturated carbocycles. The second-order valence-corrected chi connectivity index (χ2v) is 5.56. The maximum Gasteiger partial charge on any atom is 0.319 e. The van der Waals surface area contributed by atoms with E-state index in [1.165, 1.54) is 0 Å². The van der Waals surface area contributed by atoms with Crippen LogP contribution in [0.25, 0.3) is 11.4 Å². The van der Waals surface area contributed by atoms with Crippen LogP contribution in [0.15, 0.2) is 24.3 Å². The van der Waals surface area contributed by atoms with Gasteiger partial charge < -0.3 is 15.7 Å². The van der Waals surface area contributed by atoms with Gasteiger partial charge in [0.25, 0.3) is 0 Å². The number of aromatic nitrogens is 3. The van der Waals surface area contributed by atoms with Gasteiger partial charge in [0.1, 0.15) is 5.82 Å². The summed E-state index contributed by atoms with van der Waals surface area (Å²) in [5.41, 5.74) is 0.583. The third-order valence-corrected chi connectivity index (χ3v) is 3.87. The number of aromatic amines is 1. The first kappa shape index (κ1) is 17.0. The van der Waals surface area contributed by atoms with E-state index in [9.17, 15) is 9.90 Å². The molecule has 1 heterocycles. The molecule has 1 aromatic heterocycles. The quantitative estimate of drug-likeness (QED) is 0.657. The van der Waals surface area contributed by atoms with Crippen molar-refractivity contribution in [3.05, 3.63) is 30.1 Å². The van der Waals surface area contributed by atoms with Gasteiger partial charge in [-0.05, 0) is 31.9 Å². The van der Waals surface area contributed by atoms with Crippen molar-refractivity contribution in [1.29, 1.82) is 0 Å². The zero-order valence-electron chi connectivity index (χ0n) is 13.7. The van der Waals surface area contributed by atoms with Gasteiger partial charge in [-0.25, -0.2) is 9.78 Å². The lowest BCUT2D eigenvalue weighted by Crippen LogP contribution is -2.43. The molecule has 0 saturated heterocycles. The Morgan fingerprint density at radius 2 is 2.09 bits per heavy atom. The average Bonchev–Trinajstić information content (AvgIpc) is 2.99. The molecule has 7 nitrogen and oxygen atoms in total. The van der Waals surface area contributed by atoms with Gasteiger partial charge in [-0.15, -0.1) is 0 Å². The third kappa shape index (κ3) is 4.53. The molecule has 0 aliphatic rings. The van der Waals surface area contributed by atoms with Crippen LogP contribution in [0.3, 0.4) is 0 Å². The number of aryl methyl sites for hydroxylation is 1. The third-order valence-electron chi connectivity index (χ3n) is 3.87. The summed E-state index contributed by atoms with van der Waals surface area (Å²) in [4.78, 5) is 16.2. The van der Waals surface area contributed by atoms with E-state index >= 15 is 0 Å². The molecule has 0 fully saturated rings. The number of nitrogens with one attached hydrogen (secondary N) is 3. The number of carbonyl (C=O) groups is 1. The minimum atomic E-state index is -0.865. The van der Waals surface area contributed by atoms with Gasteiger partial charge in [0.05, 0.1) is 5.60 Å². The lowest BCUT2D eigenvalue weighted by atomic mass is 9.98. The van der Waals surface area contributed by atoms with E-state index in [1.54, 1.807) is 12.1 Å². The molecule has 2 rings (SSSR count). The standard InChI is InChI=1S/C16H23N5O2/c1-4-16(23,5-2)10-17-15(22)19-13-8-6-7-12(9-13)14-18-11(3)20-21-14/h6-9,23H,4-5,10H2,1-3H3,(H2,17,19,22)(H,18,20,21). The number of carbonyl (C=O) groups excluding carboxylic acids is 1. The van der Waals surface area contributed by atoms with Crippen molar-refractivity contribution in [1.82, 2.24) is 20.5 Å². The largest absolute Gasteiger partial charge is 0.388 e. The summed E-state index contributed by atoms with van der Waals surface area (Å²) in [6.07, 6.45) is 1.17. The SMILES string of the molecule is CCC(O)(CC)CNC(=O)Nc1cccc(-c2n[nH]c(C)n2)c1. The summed E-state index contributed by atoms with van der Waals surface area (Å²) in [6.45, 7) is 5.83. The van der Waals surface area contributed by atoms with Crippen molar-refractivity contribution in [3.8, 4) is 11.4 Å². The number of hydrogen-bond donors (Lipinski definition) is 4. The lowest BCUT2D eigenvalue weighted by Gasteiger charge is -2.25. The molecule has 0 aliphatic heterocycles. The van der Waals surface area contributed by atoms with Crippen molar-refractivity contribution in [3.63, 3.8) is 0 Å². The number of benzene rings is 1. The molecule has 2 aromatic rings. The Hall–Kier alpha value is -2.41. The van der Waals surface area contributed by atoms with Crippen LogP contribution in [0.1, 0.15) is 32.5 Å². The zero-order valence-corrected chi connectivity index (χ0v) is 13.7. The summed E-state index contributed by atoms with van der Waals surface area (Å²) in [6, 6.07) is 6.93. The number of anilines is 1. The van der Waals surface area contributed by atoms with Crippen LogP contribution in [0.5, 0.6) is 0 Å². The van der Waals surface area contributed by atoms with Gasteiger partial charge in [-0.3, -0.25) is 5.10 Å². The van der Waals surface area contributed by atoms with Crippen LogP contribution in [-0.2, 0) is 0 Å². The van der Waals surface area contributed by atoms with Gasteiger partial charge in [-0.2, -0.15) is 5.10 Å². The number of H-pyrrole nitrogens is 1. The maximum absolute atomic E-state index is 12.0. The molecule has 23 heavy (non-hydrogen) atoms. The van der Waals surface area contributed by atoms with Crippen molar-refractivity contribution in [2.45, 2.75) is 39.2 Å². The fourth-order valence-electron chi connectivity index (χ4n) is 2.13. The number of nitrogens with zero attached hydrogens (tertiary/aromatic N) is 2. The van der Waals surface area contributed by atoms with Crippen LogP contribution in [0, 0.1) is 6.92 Å². The minimum Gasteiger partial charge on any atom is -0.388 e. The van der Waals surface area contributed by atoms with E-state index in [2.05, 4.69) is 25.8 Å². The molecule has 124 valence electrons.